The Morgan fingerprint density at radius 1 is 1.35 bits per heavy atom. The molecule has 1 aromatic carbocycles. The topological polar surface area (TPSA) is 50.4 Å². The Hall–Kier alpha value is -1.07. The predicted molar refractivity (Wildman–Crippen MR) is 85.0 cm³/mol. The zero-order valence-electron chi connectivity index (χ0n) is 12.8. The second-order valence-corrected chi connectivity index (χ2v) is 6.69. The van der Waals surface area contributed by atoms with Gasteiger partial charge in [0.25, 0.3) is 5.91 Å². The van der Waals surface area contributed by atoms with Gasteiger partial charge in [0.05, 0.1) is 0 Å². The molecule has 0 aromatic heterocycles. The van der Waals surface area contributed by atoms with Gasteiger partial charge in [0.15, 0.2) is 6.61 Å². The van der Waals surface area contributed by atoms with Gasteiger partial charge in [0.1, 0.15) is 5.75 Å². The van der Waals surface area contributed by atoms with Gasteiger partial charge in [-0.1, -0.05) is 15.9 Å². The zero-order valence-corrected chi connectivity index (χ0v) is 14.3. The van der Waals surface area contributed by atoms with Crippen LogP contribution >= 0.6 is 15.9 Å². The van der Waals surface area contributed by atoms with Crippen molar-refractivity contribution in [1.29, 1.82) is 0 Å². The van der Waals surface area contributed by atoms with Crippen LogP contribution in [0.15, 0.2) is 16.6 Å². The van der Waals surface area contributed by atoms with Gasteiger partial charge in [-0.3, -0.25) is 4.79 Å². The number of aryl methyl sites for hydroxylation is 1. The fourth-order valence-electron chi connectivity index (χ4n) is 1.71. The van der Waals surface area contributed by atoms with Crippen LogP contribution < -0.4 is 15.4 Å². The molecule has 0 atom stereocenters. The number of likely N-dealkylation sites (N-methyl/N-ethyl adjacent to an activating group) is 1. The van der Waals surface area contributed by atoms with Crippen molar-refractivity contribution in [3.8, 4) is 5.75 Å². The maximum Gasteiger partial charge on any atom is 0.257 e. The Balaban J connectivity index is 2.92. The van der Waals surface area contributed by atoms with E-state index in [1.54, 1.807) is 7.05 Å². The van der Waals surface area contributed by atoms with Gasteiger partial charge in [0, 0.05) is 29.2 Å². The van der Waals surface area contributed by atoms with Gasteiger partial charge in [-0.2, -0.15) is 0 Å². The summed E-state index contributed by atoms with van der Waals surface area (Å²) in [4.78, 5) is 11.3. The molecule has 0 unspecified atom stereocenters. The van der Waals surface area contributed by atoms with Crippen LogP contribution in [0.25, 0.3) is 0 Å². The van der Waals surface area contributed by atoms with E-state index < -0.39 is 0 Å². The van der Waals surface area contributed by atoms with E-state index in [4.69, 9.17) is 4.74 Å². The van der Waals surface area contributed by atoms with Gasteiger partial charge in [0.2, 0.25) is 0 Å². The summed E-state index contributed by atoms with van der Waals surface area (Å²) in [5.41, 5.74) is 2.07. The number of benzene rings is 1. The van der Waals surface area contributed by atoms with E-state index in [2.05, 4.69) is 47.3 Å². The molecule has 1 rings (SSSR count). The second-order valence-electron chi connectivity index (χ2n) is 5.78. The Bertz CT molecular complexity index is 481. The van der Waals surface area contributed by atoms with E-state index in [0.29, 0.717) is 6.54 Å². The fourth-order valence-corrected chi connectivity index (χ4v) is 2.33. The molecule has 1 aromatic rings. The number of rotatable bonds is 5. The summed E-state index contributed by atoms with van der Waals surface area (Å²) < 4.78 is 6.68. The Labute approximate surface area is 129 Å². The molecule has 0 saturated carbocycles. The number of ether oxygens (including phenoxy) is 1. The van der Waals surface area contributed by atoms with Gasteiger partial charge < -0.3 is 15.4 Å². The molecule has 0 aliphatic carbocycles. The Kier molecular flexibility index (Phi) is 6.02. The van der Waals surface area contributed by atoms with Crippen LogP contribution in [-0.2, 0) is 11.3 Å². The normalized spacial score (nSPS) is 11.3. The van der Waals surface area contributed by atoms with E-state index in [9.17, 15) is 4.79 Å². The molecule has 0 radical (unpaired) electrons. The maximum absolute atomic E-state index is 11.3. The highest BCUT2D eigenvalue weighted by Gasteiger charge is 2.14. The minimum absolute atomic E-state index is 0.0221. The van der Waals surface area contributed by atoms with Crippen molar-refractivity contribution in [2.75, 3.05) is 13.7 Å². The first-order valence-electron chi connectivity index (χ1n) is 6.60. The fraction of sp³-hybridized carbons (Fsp3) is 0.533. The third-order valence-electron chi connectivity index (χ3n) is 2.75. The van der Waals surface area contributed by atoms with Crippen molar-refractivity contribution < 1.29 is 9.53 Å². The maximum atomic E-state index is 11.3. The lowest BCUT2D eigenvalue weighted by atomic mass is 10.1. The summed E-state index contributed by atoms with van der Waals surface area (Å²) in [6.45, 7) is 9.04. The number of nitrogens with one attached hydrogen (secondary N) is 2. The van der Waals surface area contributed by atoms with Crippen LogP contribution in [0.2, 0.25) is 0 Å². The third-order valence-corrected chi connectivity index (χ3v) is 3.21. The highest BCUT2D eigenvalue weighted by atomic mass is 79.9. The van der Waals surface area contributed by atoms with Crippen molar-refractivity contribution in [3.05, 3.63) is 27.7 Å². The van der Waals surface area contributed by atoms with Crippen LogP contribution in [-0.4, -0.2) is 25.1 Å². The summed E-state index contributed by atoms with van der Waals surface area (Å²) in [5.74, 6) is 0.635. The number of hydrogen-bond donors (Lipinski definition) is 2. The van der Waals surface area contributed by atoms with Crippen LogP contribution in [0.5, 0.6) is 5.75 Å². The van der Waals surface area contributed by atoms with Crippen molar-refractivity contribution in [2.24, 2.45) is 0 Å². The minimum atomic E-state index is -0.137. The Morgan fingerprint density at radius 3 is 2.55 bits per heavy atom. The second kappa shape index (κ2) is 7.09. The monoisotopic (exact) mass is 342 g/mol. The van der Waals surface area contributed by atoms with Crippen molar-refractivity contribution in [1.82, 2.24) is 10.6 Å². The lowest BCUT2D eigenvalue weighted by Gasteiger charge is -2.22. The standard InChI is InChI=1S/C15H23BrN2O2/c1-10-6-12(16)7-11(8-18-15(2,3)4)14(10)20-9-13(19)17-5/h6-7,18H,8-9H2,1-5H3,(H,17,19). The first-order chi connectivity index (χ1) is 9.23. The molecule has 5 heteroatoms. The van der Waals surface area contributed by atoms with E-state index in [1.807, 2.05) is 19.1 Å². The summed E-state index contributed by atoms with van der Waals surface area (Å²) >= 11 is 3.50. The lowest BCUT2D eigenvalue weighted by molar-refractivity contribution is -0.122. The minimum Gasteiger partial charge on any atom is -0.483 e. The lowest BCUT2D eigenvalue weighted by Crippen LogP contribution is -2.35. The summed E-state index contributed by atoms with van der Waals surface area (Å²) in [5, 5.41) is 5.99. The van der Waals surface area contributed by atoms with E-state index >= 15 is 0 Å². The van der Waals surface area contributed by atoms with E-state index in [1.165, 1.54) is 0 Å². The molecule has 0 fully saturated rings. The first-order valence-corrected chi connectivity index (χ1v) is 7.39. The van der Waals surface area contributed by atoms with Crippen LogP contribution in [0, 0.1) is 6.92 Å². The van der Waals surface area contributed by atoms with E-state index in [-0.39, 0.29) is 18.1 Å². The molecule has 4 nitrogen and oxygen atoms in total. The van der Waals surface area contributed by atoms with Gasteiger partial charge in [-0.15, -0.1) is 0 Å². The van der Waals surface area contributed by atoms with Gasteiger partial charge in [-0.25, -0.2) is 0 Å². The van der Waals surface area contributed by atoms with Crippen molar-refractivity contribution in [2.45, 2.75) is 39.8 Å². The highest BCUT2D eigenvalue weighted by Crippen LogP contribution is 2.28. The third kappa shape index (κ3) is 5.51. The zero-order chi connectivity index (χ0) is 15.3. The summed E-state index contributed by atoms with van der Waals surface area (Å²) in [7, 11) is 1.60. The molecule has 20 heavy (non-hydrogen) atoms. The number of carbonyl (C=O) groups excluding carboxylic acids is 1. The summed E-state index contributed by atoms with van der Waals surface area (Å²) in [6.07, 6.45) is 0. The highest BCUT2D eigenvalue weighted by molar-refractivity contribution is 9.10. The molecule has 0 heterocycles. The molecule has 0 saturated heterocycles. The number of amides is 1. The Morgan fingerprint density at radius 2 is 2.00 bits per heavy atom. The van der Waals surface area contributed by atoms with Crippen LogP contribution in [0.4, 0.5) is 0 Å². The van der Waals surface area contributed by atoms with Crippen LogP contribution in [0.3, 0.4) is 0 Å². The number of halogens is 1. The van der Waals surface area contributed by atoms with Crippen molar-refractivity contribution in [3.63, 3.8) is 0 Å². The van der Waals surface area contributed by atoms with Crippen molar-refractivity contribution >= 4 is 21.8 Å². The smallest absolute Gasteiger partial charge is 0.257 e. The number of carbonyl (C=O) groups is 1. The molecule has 112 valence electrons. The molecule has 1 amide bonds. The van der Waals surface area contributed by atoms with Gasteiger partial charge >= 0.3 is 0 Å². The first kappa shape index (κ1) is 17.0. The van der Waals surface area contributed by atoms with Crippen LogP contribution in [0.1, 0.15) is 31.9 Å². The average Bonchev–Trinajstić information content (AvgIpc) is 2.33. The summed E-state index contributed by atoms with van der Waals surface area (Å²) in [6, 6.07) is 4.00. The number of hydrogen-bond acceptors (Lipinski definition) is 3. The largest absolute Gasteiger partial charge is 0.483 e. The molecule has 2 N–H and O–H groups in total. The molecule has 0 aliphatic rings. The van der Waals surface area contributed by atoms with E-state index in [0.717, 1.165) is 21.3 Å². The quantitative estimate of drug-likeness (QED) is 0.864. The molecular weight excluding hydrogens is 320 g/mol. The molecule has 0 aliphatic heterocycles. The average molecular weight is 343 g/mol. The molecular formula is C15H23BrN2O2. The molecule has 0 bridgehead atoms. The SMILES string of the molecule is CNC(=O)COc1c(C)cc(Br)cc1CNC(C)(C)C. The predicted octanol–water partition coefficient (Wildman–Crippen LogP) is 2.77. The molecule has 0 spiro atoms. The van der Waals surface area contributed by atoms with Gasteiger partial charge in [-0.05, 0) is 45.4 Å².